The molecule has 1 heterocycles. The third-order valence-electron chi connectivity index (χ3n) is 4.57. The highest BCUT2D eigenvalue weighted by Gasteiger charge is 2.15. The zero-order chi connectivity index (χ0) is 18.4. The average Bonchev–Trinajstić information content (AvgIpc) is 2.55. The summed E-state index contributed by atoms with van der Waals surface area (Å²) in [7, 11) is 2.15. The molecule has 0 saturated carbocycles. The fourth-order valence-corrected chi connectivity index (χ4v) is 3.05. The van der Waals surface area contributed by atoms with Crippen LogP contribution in [0.25, 0.3) is 0 Å². The van der Waals surface area contributed by atoms with Gasteiger partial charge in [0.1, 0.15) is 0 Å². The molecule has 6 heteroatoms. The molecule has 1 aliphatic heterocycles. The maximum Gasteiger partial charge on any atom is 0.319 e. The highest BCUT2D eigenvalue weighted by atomic mass is 16.3. The first-order chi connectivity index (χ1) is 11.8. The molecule has 0 aromatic heterocycles. The molecular weight excluding hydrogens is 316 g/mol. The summed E-state index contributed by atoms with van der Waals surface area (Å²) in [6.07, 6.45) is 0.172. The van der Waals surface area contributed by atoms with Crippen LogP contribution in [0.15, 0.2) is 18.2 Å². The molecule has 1 aromatic rings. The predicted octanol–water partition coefficient (Wildman–Crippen LogP) is 2.28. The number of nitrogens with one attached hydrogen (secondary N) is 2. The van der Waals surface area contributed by atoms with Crippen molar-refractivity contribution in [3.05, 3.63) is 23.8 Å². The summed E-state index contributed by atoms with van der Waals surface area (Å²) in [6, 6.07) is 5.85. The van der Waals surface area contributed by atoms with Crippen LogP contribution in [0.2, 0.25) is 0 Å². The molecule has 1 fully saturated rings. The number of urea groups is 1. The molecule has 6 nitrogen and oxygen atoms in total. The summed E-state index contributed by atoms with van der Waals surface area (Å²) in [5.74, 6) is 0.407. The zero-order valence-electron chi connectivity index (χ0n) is 15.9. The third-order valence-corrected chi connectivity index (χ3v) is 4.57. The van der Waals surface area contributed by atoms with Crippen LogP contribution >= 0.6 is 0 Å². The Morgan fingerprint density at radius 2 is 1.92 bits per heavy atom. The van der Waals surface area contributed by atoms with Gasteiger partial charge < -0.3 is 25.5 Å². The largest absolute Gasteiger partial charge is 0.391 e. The molecule has 25 heavy (non-hydrogen) atoms. The summed E-state index contributed by atoms with van der Waals surface area (Å²) < 4.78 is 0. The van der Waals surface area contributed by atoms with Gasteiger partial charge in [-0.1, -0.05) is 13.8 Å². The van der Waals surface area contributed by atoms with Crippen molar-refractivity contribution >= 4 is 17.4 Å². The van der Waals surface area contributed by atoms with E-state index in [9.17, 15) is 9.90 Å². The molecule has 1 aromatic carbocycles. The van der Waals surface area contributed by atoms with Gasteiger partial charge in [0.25, 0.3) is 0 Å². The number of carbonyl (C=O) groups is 1. The quantitative estimate of drug-likeness (QED) is 0.738. The van der Waals surface area contributed by atoms with Crippen molar-refractivity contribution in [3.8, 4) is 0 Å². The smallest absolute Gasteiger partial charge is 0.319 e. The molecule has 3 N–H and O–H groups in total. The molecule has 0 bridgehead atoms. The van der Waals surface area contributed by atoms with Gasteiger partial charge in [-0.15, -0.1) is 0 Å². The van der Waals surface area contributed by atoms with Crippen molar-refractivity contribution in [1.29, 1.82) is 0 Å². The van der Waals surface area contributed by atoms with Gasteiger partial charge in [-0.3, -0.25) is 0 Å². The number of nitrogens with zero attached hydrogens (tertiary/aromatic N) is 2. The Kier molecular flexibility index (Phi) is 7.08. The van der Waals surface area contributed by atoms with E-state index in [2.05, 4.69) is 53.5 Å². The minimum absolute atomic E-state index is 0.266. The van der Waals surface area contributed by atoms with Gasteiger partial charge in [0.05, 0.1) is 6.10 Å². The summed E-state index contributed by atoms with van der Waals surface area (Å²) in [6.45, 7) is 10.6. The van der Waals surface area contributed by atoms with E-state index in [1.54, 1.807) is 0 Å². The van der Waals surface area contributed by atoms with Crippen molar-refractivity contribution in [3.63, 3.8) is 0 Å². The van der Waals surface area contributed by atoms with Crippen LogP contribution in [0.1, 0.15) is 25.8 Å². The Bertz CT molecular complexity index is 569. The number of hydrogen-bond acceptors (Lipinski definition) is 4. The SMILES string of the molecule is Cc1cc(N2CCN(C)CC2)ccc1NC(=O)NCC(O)CC(C)C. The van der Waals surface area contributed by atoms with E-state index < -0.39 is 6.10 Å². The molecule has 1 saturated heterocycles. The van der Waals surface area contributed by atoms with Crippen LogP contribution in [0.3, 0.4) is 0 Å². The number of benzene rings is 1. The molecule has 1 aliphatic rings. The number of carbonyl (C=O) groups excluding carboxylic acids is 1. The average molecular weight is 348 g/mol. The van der Waals surface area contributed by atoms with Crippen LogP contribution in [0.5, 0.6) is 0 Å². The van der Waals surface area contributed by atoms with E-state index in [1.807, 2.05) is 13.0 Å². The Morgan fingerprint density at radius 1 is 1.24 bits per heavy atom. The number of piperazine rings is 1. The molecule has 0 aliphatic carbocycles. The zero-order valence-corrected chi connectivity index (χ0v) is 15.9. The minimum Gasteiger partial charge on any atom is -0.391 e. The fourth-order valence-electron chi connectivity index (χ4n) is 3.05. The molecule has 2 amide bonds. The van der Waals surface area contributed by atoms with Crippen molar-refractivity contribution < 1.29 is 9.90 Å². The lowest BCUT2D eigenvalue weighted by Crippen LogP contribution is -2.44. The monoisotopic (exact) mass is 348 g/mol. The van der Waals surface area contributed by atoms with E-state index in [1.165, 1.54) is 5.69 Å². The summed E-state index contributed by atoms with van der Waals surface area (Å²) in [5.41, 5.74) is 3.03. The standard InChI is InChI=1S/C19H32N4O2/c1-14(2)11-17(24)13-20-19(25)21-18-6-5-16(12-15(18)3)23-9-7-22(4)8-10-23/h5-6,12,14,17,24H,7-11,13H2,1-4H3,(H2,20,21,25). The van der Waals surface area contributed by atoms with Crippen LogP contribution < -0.4 is 15.5 Å². The summed E-state index contributed by atoms with van der Waals surface area (Å²) in [4.78, 5) is 16.7. The molecular formula is C19H32N4O2. The summed E-state index contributed by atoms with van der Waals surface area (Å²) >= 11 is 0. The van der Waals surface area contributed by atoms with Crippen LogP contribution in [-0.4, -0.2) is 61.9 Å². The number of hydrogen-bond donors (Lipinski definition) is 3. The number of aliphatic hydroxyl groups excluding tert-OH is 1. The molecule has 140 valence electrons. The Morgan fingerprint density at radius 3 is 2.52 bits per heavy atom. The van der Waals surface area contributed by atoms with E-state index in [0.29, 0.717) is 12.3 Å². The van der Waals surface area contributed by atoms with Gasteiger partial charge in [-0.05, 0) is 50.1 Å². The van der Waals surface area contributed by atoms with E-state index in [4.69, 9.17) is 0 Å². The number of aliphatic hydroxyl groups is 1. The lowest BCUT2D eigenvalue weighted by Gasteiger charge is -2.34. The van der Waals surface area contributed by atoms with E-state index >= 15 is 0 Å². The normalized spacial score (nSPS) is 16.8. The van der Waals surface area contributed by atoms with Gasteiger partial charge >= 0.3 is 6.03 Å². The number of aryl methyl sites for hydroxylation is 1. The predicted molar refractivity (Wildman–Crippen MR) is 103 cm³/mol. The maximum atomic E-state index is 12.0. The third kappa shape index (κ3) is 6.21. The first kappa shape index (κ1) is 19.5. The number of anilines is 2. The van der Waals surface area contributed by atoms with Gasteiger partial charge in [0.15, 0.2) is 0 Å². The van der Waals surface area contributed by atoms with E-state index in [-0.39, 0.29) is 12.6 Å². The fraction of sp³-hybridized carbons (Fsp3) is 0.632. The highest BCUT2D eigenvalue weighted by Crippen LogP contribution is 2.23. The molecule has 2 rings (SSSR count). The lowest BCUT2D eigenvalue weighted by atomic mass is 10.1. The van der Waals surface area contributed by atoms with Crippen LogP contribution in [0, 0.1) is 12.8 Å². The topological polar surface area (TPSA) is 67.8 Å². The van der Waals surface area contributed by atoms with Crippen molar-refractivity contribution in [2.45, 2.75) is 33.3 Å². The lowest BCUT2D eigenvalue weighted by molar-refractivity contribution is 0.148. The second kappa shape index (κ2) is 9.06. The maximum absolute atomic E-state index is 12.0. The van der Waals surface area contributed by atoms with Crippen molar-refractivity contribution in [1.82, 2.24) is 10.2 Å². The number of rotatable bonds is 6. The number of amides is 2. The molecule has 1 atom stereocenters. The highest BCUT2D eigenvalue weighted by molar-refractivity contribution is 5.90. The van der Waals surface area contributed by atoms with Gasteiger partial charge in [-0.2, -0.15) is 0 Å². The molecule has 0 radical (unpaired) electrons. The Balaban J connectivity index is 1.87. The second-order valence-electron chi connectivity index (χ2n) is 7.41. The van der Waals surface area contributed by atoms with Gasteiger partial charge in [-0.25, -0.2) is 4.79 Å². The number of likely N-dealkylation sites (N-methyl/N-ethyl adjacent to an activating group) is 1. The van der Waals surface area contributed by atoms with E-state index in [0.717, 1.165) is 37.4 Å². The minimum atomic E-state index is -0.508. The first-order valence-electron chi connectivity index (χ1n) is 9.12. The Hall–Kier alpha value is -1.79. The van der Waals surface area contributed by atoms with Crippen LogP contribution in [-0.2, 0) is 0 Å². The van der Waals surface area contributed by atoms with Crippen molar-refractivity contribution in [2.75, 3.05) is 50.0 Å². The first-order valence-corrected chi connectivity index (χ1v) is 9.12. The Labute approximate surface area is 151 Å². The molecule has 1 unspecified atom stereocenters. The van der Waals surface area contributed by atoms with Gasteiger partial charge in [0.2, 0.25) is 0 Å². The summed E-state index contributed by atoms with van der Waals surface area (Å²) in [5, 5.41) is 15.4. The second-order valence-corrected chi connectivity index (χ2v) is 7.41. The molecule has 0 spiro atoms. The van der Waals surface area contributed by atoms with Crippen LogP contribution in [0.4, 0.5) is 16.2 Å². The van der Waals surface area contributed by atoms with Gasteiger partial charge in [0, 0.05) is 44.1 Å². The van der Waals surface area contributed by atoms with Crippen molar-refractivity contribution in [2.24, 2.45) is 5.92 Å².